The summed E-state index contributed by atoms with van der Waals surface area (Å²) in [6, 6.07) is 0. The molecule has 0 spiro atoms. The smallest absolute Gasteiger partial charge is 0.263 e. The van der Waals surface area contributed by atoms with E-state index in [4.69, 9.17) is 0 Å². The van der Waals surface area contributed by atoms with Gasteiger partial charge < -0.3 is 4.84 Å². The Hall–Kier alpha value is -0.416. The number of hydroxylamine groups is 2. The van der Waals surface area contributed by atoms with Crippen LogP contribution in [0.2, 0.25) is 0 Å². The first-order valence-corrected chi connectivity index (χ1v) is 3.01. The van der Waals surface area contributed by atoms with Crippen LogP contribution in [0.25, 0.3) is 0 Å². The quantitative estimate of drug-likeness (QED) is 0.458. The molecule has 0 aromatic rings. The normalized spacial score (nSPS) is 15.8. The molecular formula is C6H6NO4Y-. The van der Waals surface area contributed by atoms with E-state index in [-0.39, 0.29) is 45.6 Å². The molecule has 1 heterocycles. The van der Waals surface area contributed by atoms with Gasteiger partial charge in [0.25, 0.3) is 11.8 Å². The molecule has 1 aliphatic heterocycles. The Morgan fingerprint density at radius 3 is 2.08 bits per heavy atom. The Kier molecular flexibility index (Phi) is 4.41. The fourth-order valence-corrected chi connectivity index (χ4v) is 0.760. The van der Waals surface area contributed by atoms with Gasteiger partial charge in [-0.05, 0) is 0 Å². The molecule has 1 fully saturated rings. The number of hydrogen-bond donors (Lipinski definition) is 0. The number of rotatable bonds is 1. The molecular weight excluding hydrogens is 239 g/mol. The number of carbonyl (C=O) groups excluding carboxylic acids is 3. The third-order valence-corrected chi connectivity index (χ3v) is 1.20. The molecule has 0 atom stereocenters. The zero-order chi connectivity index (χ0) is 8.43. The first-order chi connectivity index (χ1) is 5.11. The monoisotopic (exact) mass is 245 g/mol. The van der Waals surface area contributed by atoms with Crippen LogP contribution in [0.4, 0.5) is 0 Å². The number of hydrogen-bond acceptors (Lipinski definition) is 4. The molecule has 1 radical (unpaired) electrons. The fraction of sp³-hybridized carbons (Fsp3) is 0.333. The maximum atomic E-state index is 10.7. The standard InChI is InChI=1S/C6H6NO4.Y/c1-4(8)11-7-5(9)2-3-6(7)10;/h1-3H2;/q-1;. The molecule has 6 heteroatoms. The number of nitrogens with zero attached hydrogens (tertiary/aromatic N) is 1. The van der Waals surface area contributed by atoms with Crippen LogP contribution in [0, 0.1) is 6.92 Å². The van der Waals surface area contributed by atoms with Gasteiger partial charge >= 0.3 is 0 Å². The van der Waals surface area contributed by atoms with E-state index in [1.165, 1.54) is 0 Å². The second kappa shape index (κ2) is 4.57. The van der Waals surface area contributed by atoms with Gasteiger partial charge in [-0.2, -0.15) is 0 Å². The summed E-state index contributed by atoms with van der Waals surface area (Å²) in [6.45, 7) is 2.86. The fourth-order valence-electron chi connectivity index (χ4n) is 0.760. The minimum Gasteiger partial charge on any atom is -0.364 e. The Morgan fingerprint density at radius 1 is 1.33 bits per heavy atom. The predicted molar refractivity (Wildman–Crippen MR) is 32.5 cm³/mol. The molecule has 0 unspecified atom stereocenters. The van der Waals surface area contributed by atoms with Crippen LogP contribution in [0.15, 0.2) is 0 Å². The van der Waals surface area contributed by atoms with Crippen molar-refractivity contribution in [2.24, 2.45) is 0 Å². The van der Waals surface area contributed by atoms with Crippen molar-refractivity contribution < 1.29 is 51.9 Å². The predicted octanol–water partition coefficient (Wildman–Crippen LogP) is -0.575. The average molecular weight is 245 g/mol. The largest absolute Gasteiger partial charge is 0.364 e. The van der Waals surface area contributed by atoms with E-state index in [1.54, 1.807) is 0 Å². The molecule has 5 nitrogen and oxygen atoms in total. The van der Waals surface area contributed by atoms with E-state index in [0.29, 0.717) is 5.06 Å². The third-order valence-electron chi connectivity index (χ3n) is 1.20. The topological polar surface area (TPSA) is 63.7 Å². The minimum absolute atomic E-state index is 0. The van der Waals surface area contributed by atoms with Crippen LogP contribution in [0.3, 0.4) is 0 Å². The van der Waals surface area contributed by atoms with Crippen molar-refractivity contribution in [3.8, 4) is 0 Å². The third kappa shape index (κ3) is 2.57. The van der Waals surface area contributed by atoms with Gasteiger partial charge in [0.05, 0.1) is 0 Å². The van der Waals surface area contributed by atoms with Crippen LogP contribution in [-0.4, -0.2) is 22.8 Å². The van der Waals surface area contributed by atoms with E-state index in [1.807, 2.05) is 0 Å². The molecule has 1 rings (SSSR count). The van der Waals surface area contributed by atoms with Crippen molar-refractivity contribution >= 4 is 17.8 Å². The first-order valence-electron chi connectivity index (χ1n) is 3.01. The summed E-state index contributed by atoms with van der Waals surface area (Å²) in [5.74, 6) is -1.90. The Labute approximate surface area is 94.3 Å². The molecule has 12 heavy (non-hydrogen) atoms. The minimum atomic E-state index is -0.909. The molecule has 0 aromatic heterocycles. The maximum Gasteiger partial charge on any atom is 0.263 e. The summed E-state index contributed by atoms with van der Waals surface area (Å²) in [6.07, 6.45) is 0.207. The number of carbonyl (C=O) groups is 3. The van der Waals surface area contributed by atoms with Crippen molar-refractivity contribution in [2.45, 2.75) is 12.8 Å². The number of amides is 2. The Balaban J connectivity index is 0.00000121. The van der Waals surface area contributed by atoms with E-state index in [0.717, 1.165) is 0 Å². The zero-order valence-corrected chi connectivity index (χ0v) is 9.12. The molecule has 0 aromatic carbocycles. The van der Waals surface area contributed by atoms with E-state index < -0.39 is 17.8 Å². The van der Waals surface area contributed by atoms with Gasteiger partial charge in [-0.1, -0.05) is 0 Å². The van der Waals surface area contributed by atoms with Gasteiger partial charge in [-0.15, -0.1) is 5.06 Å². The summed E-state index contributed by atoms with van der Waals surface area (Å²) in [4.78, 5) is 35.9. The van der Waals surface area contributed by atoms with Crippen molar-refractivity contribution in [3.63, 3.8) is 0 Å². The van der Waals surface area contributed by atoms with Gasteiger partial charge in [0.2, 0.25) is 5.97 Å². The second-order valence-corrected chi connectivity index (χ2v) is 2.05. The van der Waals surface area contributed by atoms with E-state index in [9.17, 15) is 14.4 Å². The van der Waals surface area contributed by atoms with Crippen LogP contribution >= 0.6 is 0 Å². The van der Waals surface area contributed by atoms with Gasteiger partial charge in [-0.3, -0.25) is 21.3 Å². The maximum absolute atomic E-state index is 10.7. The summed E-state index contributed by atoms with van der Waals surface area (Å²) in [5, 5.41) is 0.454. The zero-order valence-electron chi connectivity index (χ0n) is 6.28. The molecule has 2 amide bonds. The van der Waals surface area contributed by atoms with E-state index in [2.05, 4.69) is 11.8 Å². The van der Waals surface area contributed by atoms with Crippen LogP contribution < -0.4 is 0 Å². The van der Waals surface area contributed by atoms with Gasteiger partial charge in [0, 0.05) is 45.6 Å². The van der Waals surface area contributed by atoms with Gasteiger partial charge in [0.1, 0.15) is 0 Å². The molecule has 0 saturated carbocycles. The van der Waals surface area contributed by atoms with Crippen molar-refractivity contribution in [1.29, 1.82) is 0 Å². The molecule has 0 N–H and O–H groups in total. The van der Waals surface area contributed by atoms with E-state index >= 15 is 0 Å². The molecule has 1 saturated heterocycles. The summed E-state index contributed by atoms with van der Waals surface area (Å²) < 4.78 is 0. The average Bonchev–Trinajstić information content (AvgIpc) is 2.18. The summed E-state index contributed by atoms with van der Waals surface area (Å²) in [7, 11) is 0. The molecule has 0 bridgehead atoms. The van der Waals surface area contributed by atoms with Crippen LogP contribution in [-0.2, 0) is 51.9 Å². The van der Waals surface area contributed by atoms with Gasteiger partial charge in [-0.25, -0.2) is 0 Å². The van der Waals surface area contributed by atoms with Crippen LogP contribution in [0.1, 0.15) is 12.8 Å². The molecule has 0 aliphatic carbocycles. The summed E-state index contributed by atoms with van der Waals surface area (Å²) in [5.41, 5.74) is 0. The first kappa shape index (κ1) is 11.6. The van der Waals surface area contributed by atoms with Crippen molar-refractivity contribution in [1.82, 2.24) is 5.06 Å². The van der Waals surface area contributed by atoms with Crippen molar-refractivity contribution in [2.75, 3.05) is 0 Å². The SMILES string of the molecule is [CH2-]C(=O)ON1C(=O)CCC1=O.[Y]. The van der Waals surface area contributed by atoms with Gasteiger partial charge in [0.15, 0.2) is 0 Å². The summed E-state index contributed by atoms with van der Waals surface area (Å²) >= 11 is 0. The van der Waals surface area contributed by atoms with Crippen LogP contribution in [0.5, 0.6) is 0 Å². The Bertz CT molecular complexity index is 212. The van der Waals surface area contributed by atoms with Crippen molar-refractivity contribution in [3.05, 3.63) is 6.92 Å². The Morgan fingerprint density at radius 2 is 1.75 bits per heavy atom. The molecule has 63 valence electrons. The second-order valence-electron chi connectivity index (χ2n) is 2.05. The molecule has 1 aliphatic rings. The number of imide groups is 1.